The molecule has 1 aliphatic heterocycles. The lowest BCUT2D eigenvalue weighted by molar-refractivity contribution is -0.0456. The van der Waals surface area contributed by atoms with Crippen LogP contribution in [-0.4, -0.2) is 57.3 Å². The first-order valence-electron chi connectivity index (χ1n) is 6.46. The number of nitrogens with two attached hydrogens (primary N) is 1. The maximum atomic E-state index is 8.72. The van der Waals surface area contributed by atoms with Gasteiger partial charge in [0.1, 0.15) is 0 Å². The number of rotatable bonds is 4. The van der Waals surface area contributed by atoms with Crippen molar-refractivity contribution in [3.63, 3.8) is 0 Å². The molecule has 1 aliphatic rings. The van der Waals surface area contributed by atoms with E-state index in [1.165, 1.54) is 0 Å². The van der Waals surface area contributed by atoms with Crippen LogP contribution in [0.5, 0.6) is 0 Å². The Kier molecular flexibility index (Phi) is 4.39. The van der Waals surface area contributed by atoms with Crippen molar-refractivity contribution in [1.82, 2.24) is 14.5 Å². The van der Waals surface area contributed by atoms with E-state index >= 15 is 0 Å². The highest BCUT2D eigenvalue weighted by Gasteiger charge is 2.23. The predicted molar refractivity (Wildman–Crippen MR) is 71.2 cm³/mol. The summed E-state index contributed by atoms with van der Waals surface area (Å²) in [4.78, 5) is 6.47. The molecule has 1 atom stereocenters. The lowest BCUT2D eigenvalue weighted by atomic mass is 10.2. The molecule has 2 rings (SSSR count). The summed E-state index contributed by atoms with van der Waals surface area (Å²) >= 11 is 0. The molecule has 1 aromatic rings. The third kappa shape index (κ3) is 3.24. The van der Waals surface area contributed by atoms with Crippen molar-refractivity contribution in [2.45, 2.75) is 32.5 Å². The summed E-state index contributed by atoms with van der Waals surface area (Å²) in [6.45, 7) is 7.59. The quantitative estimate of drug-likeness (QED) is 0.349. The van der Waals surface area contributed by atoms with E-state index in [9.17, 15) is 0 Å². The number of nitrogens with zero attached hydrogens (tertiary/aromatic N) is 4. The summed E-state index contributed by atoms with van der Waals surface area (Å²) in [6, 6.07) is 0.512. The molecule has 0 amide bonds. The number of imidazole rings is 1. The lowest BCUT2D eigenvalue weighted by Gasteiger charge is -2.35. The minimum atomic E-state index is 0.0153. The fourth-order valence-electron chi connectivity index (χ4n) is 2.28. The molecular weight excluding hydrogens is 246 g/mol. The summed E-state index contributed by atoms with van der Waals surface area (Å²) in [5, 5.41) is 11.7. The minimum absolute atomic E-state index is 0.0153. The van der Waals surface area contributed by atoms with Gasteiger partial charge in [0.15, 0.2) is 5.82 Å². The van der Waals surface area contributed by atoms with Gasteiger partial charge in [-0.05, 0) is 13.8 Å². The number of hydrogen-bond acceptors (Lipinski definition) is 5. The molecule has 0 bridgehead atoms. The average Bonchev–Trinajstić information content (AvgIpc) is 2.86. The van der Waals surface area contributed by atoms with Gasteiger partial charge in [-0.2, -0.15) is 0 Å². The molecule has 0 aliphatic carbocycles. The maximum Gasteiger partial charge on any atom is 0.206 e. The molecule has 1 unspecified atom stereocenters. The molecule has 19 heavy (non-hydrogen) atoms. The van der Waals surface area contributed by atoms with Crippen LogP contribution in [0.2, 0.25) is 0 Å². The SMILES string of the molecule is CC(C)N1CCOC(Cn2ccnc2C(N)=NO)C1. The normalized spacial score (nSPS) is 22.1. The minimum Gasteiger partial charge on any atom is -0.409 e. The zero-order valence-electron chi connectivity index (χ0n) is 11.4. The van der Waals surface area contributed by atoms with Crippen molar-refractivity contribution in [2.24, 2.45) is 10.9 Å². The van der Waals surface area contributed by atoms with Crippen LogP contribution < -0.4 is 5.73 Å². The van der Waals surface area contributed by atoms with E-state index < -0.39 is 0 Å². The predicted octanol–water partition coefficient (Wildman–Crippen LogP) is 0.0868. The highest BCUT2D eigenvalue weighted by atomic mass is 16.5. The van der Waals surface area contributed by atoms with E-state index in [4.69, 9.17) is 15.7 Å². The summed E-state index contributed by atoms with van der Waals surface area (Å²) in [7, 11) is 0. The molecule has 1 aromatic heterocycles. The van der Waals surface area contributed by atoms with Gasteiger partial charge in [-0.25, -0.2) is 4.98 Å². The van der Waals surface area contributed by atoms with Crippen LogP contribution in [-0.2, 0) is 11.3 Å². The Bertz CT molecular complexity index is 443. The van der Waals surface area contributed by atoms with Gasteiger partial charge in [-0.15, -0.1) is 0 Å². The maximum absolute atomic E-state index is 8.72. The van der Waals surface area contributed by atoms with Gasteiger partial charge in [0.2, 0.25) is 5.84 Å². The van der Waals surface area contributed by atoms with Gasteiger partial charge < -0.3 is 20.2 Å². The summed E-state index contributed by atoms with van der Waals surface area (Å²) in [5.41, 5.74) is 5.59. The fourth-order valence-corrected chi connectivity index (χ4v) is 2.28. The molecule has 0 saturated carbocycles. The van der Waals surface area contributed by atoms with Crippen LogP contribution in [0.3, 0.4) is 0 Å². The number of oxime groups is 1. The van der Waals surface area contributed by atoms with E-state index in [1.54, 1.807) is 6.20 Å². The van der Waals surface area contributed by atoms with Crippen molar-refractivity contribution >= 4 is 5.84 Å². The second kappa shape index (κ2) is 6.03. The van der Waals surface area contributed by atoms with Crippen molar-refractivity contribution in [1.29, 1.82) is 0 Å². The van der Waals surface area contributed by atoms with Crippen LogP contribution in [0.1, 0.15) is 19.7 Å². The number of aromatic nitrogens is 2. The second-order valence-electron chi connectivity index (χ2n) is 4.97. The van der Waals surface area contributed by atoms with Gasteiger partial charge >= 0.3 is 0 Å². The highest BCUT2D eigenvalue weighted by Crippen LogP contribution is 2.11. The molecule has 0 radical (unpaired) electrons. The second-order valence-corrected chi connectivity index (χ2v) is 4.97. The summed E-state index contributed by atoms with van der Waals surface area (Å²) < 4.78 is 7.62. The third-order valence-corrected chi connectivity index (χ3v) is 3.35. The monoisotopic (exact) mass is 267 g/mol. The van der Waals surface area contributed by atoms with Crippen molar-refractivity contribution in [3.05, 3.63) is 18.2 Å². The highest BCUT2D eigenvalue weighted by molar-refractivity contribution is 5.93. The van der Waals surface area contributed by atoms with E-state index in [-0.39, 0.29) is 11.9 Å². The Labute approximate surface area is 112 Å². The molecule has 0 spiro atoms. The Hall–Kier alpha value is -1.60. The average molecular weight is 267 g/mol. The molecule has 7 heteroatoms. The largest absolute Gasteiger partial charge is 0.409 e. The Balaban J connectivity index is 2.03. The zero-order valence-corrected chi connectivity index (χ0v) is 11.4. The van der Waals surface area contributed by atoms with Gasteiger partial charge in [-0.3, -0.25) is 4.90 Å². The smallest absolute Gasteiger partial charge is 0.206 e. The Morgan fingerprint density at radius 1 is 1.68 bits per heavy atom. The molecule has 7 nitrogen and oxygen atoms in total. The standard InChI is InChI=1S/C12H21N5O2/c1-9(2)16-5-6-19-10(7-16)8-17-4-3-14-12(17)11(13)15-18/h3-4,9-10,18H,5-8H2,1-2H3,(H2,13,15). The Morgan fingerprint density at radius 3 is 3.16 bits per heavy atom. The van der Waals surface area contributed by atoms with Crippen molar-refractivity contribution in [3.8, 4) is 0 Å². The van der Waals surface area contributed by atoms with Crippen LogP contribution in [0, 0.1) is 0 Å². The van der Waals surface area contributed by atoms with Crippen LogP contribution in [0.15, 0.2) is 17.5 Å². The molecule has 1 fully saturated rings. The van der Waals surface area contributed by atoms with E-state index in [2.05, 4.69) is 28.9 Å². The number of ether oxygens (including phenoxy) is 1. The molecule has 3 N–H and O–H groups in total. The van der Waals surface area contributed by atoms with Gasteiger partial charge in [0.05, 0.1) is 19.3 Å². The van der Waals surface area contributed by atoms with Crippen molar-refractivity contribution < 1.29 is 9.94 Å². The first-order chi connectivity index (χ1) is 9.11. The molecule has 1 saturated heterocycles. The fraction of sp³-hybridized carbons (Fsp3) is 0.667. The van der Waals surface area contributed by atoms with Crippen LogP contribution in [0.25, 0.3) is 0 Å². The van der Waals surface area contributed by atoms with Gasteiger partial charge in [0.25, 0.3) is 0 Å². The topological polar surface area (TPSA) is 88.9 Å². The molecule has 2 heterocycles. The summed E-state index contributed by atoms with van der Waals surface area (Å²) in [5.74, 6) is 0.481. The third-order valence-electron chi connectivity index (χ3n) is 3.35. The lowest BCUT2D eigenvalue weighted by Crippen LogP contribution is -2.47. The van der Waals surface area contributed by atoms with E-state index in [0.29, 0.717) is 18.4 Å². The van der Waals surface area contributed by atoms with Gasteiger partial charge in [-0.1, -0.05) is 5.16 Å². The molecular formula is C12H21N5O2. The van der Waals surface area contributed by atoms with Crippen LogP contribution >= 0.6 is 0 Å². The Morgan fingerprint density at radius 2 is 2.47 bits per heavy atom. The van der Waals surface area contributed by atoms with Gasteiger partial charge in [0, 0.05) is 31.5 Å². The zero-order chi connectivity index (χ0) is 13.8. The molecule has 106 valence electrons. The number of amidine groups is 1. The van der Waals surface area contributed by atoms with Crippen LogP contribution in [0.4, 0.5) is 0 Å². The number of morpholine rings is 1. The van der Waals surface area contributed by atoms with E-state index in [0.717, 1.165) is 19.7 Å². The molecule has 0 aromatic carbocycles. The van der Waals surface area contributed by atoms with Crippen molar-refractivity contribution in [2.75, 3.05) is 19.7 Å². The summed E-state index contributed by atoms with van der Waals surface area (Å²) in [6.07, 6.45) is 3.54. The first-order valence-corrected chi connectivity index (χ1v) is 6.46. The van der Waals surface area contributed by atoms with E-state index in [1.807, 2.05) is 10.8 Å². The first kappa shape index (κ1) is 13.8. The number of hydrogen-bond donors (Lipinski definition) is 2.